The highest BCUT2D eigenvalue weighted by molar-refractivity contribution is 8.22. The van der Waals surface area contributed by atoms with Gasteiger partial charge in [-0.3, -0.25) is 0 Å². The van der Waals surface area contributed by atoms with E-state index in [1.807, 2.05) is 6.07 Å². The van der Waals surface area contributed by atoms with Gasteiger partial charge in [0.15, 0.2) is 11.5 Å². The Kier molecular flexibility index (Phi) is 4.85. The predicted octanol–water partition coefficient (Wildman–Crippen LogP) is 2.80. The Labute approximate surface area is 179 Å². The maximum Gasteiger partial charge on any atom is 0.338 e. The lowest BCUT2D eigenvalue weighted by molar-refractivity contribution is -0.0703. The van der Waals surface area contributed by atoms with Gasteiger partial charge in [-0.05, 0) is 62.3 Å². The molecule has 0 aromatic heterocycles. The maximum absolute atomic E-state index is 12.9. The molecule has 5 atom stereocenters. The number of hydrogen-bond acceptors (Lipinski definition) is 8. The fraction of sp³-hybridized carbons (Fsp3) is 0.524. The molecule has 0 radical (unpaired) electrons. The van der Waals surface area contributed by atoms with Gasteiger partial charge in [0.05, 0.1) is 11.3 Å². The summed E-state index contributed by atoms with van der Waals surface area (Å²) in [5.74, 6) is 4.37. The first-order chi connectivity index (χ1) is 14.1. The molecule has 1 saturated carbocycles. The van der Waals surface area contributed by atoms with Crippen LogP contribution in [0.2, 0.25) is 0 Å². The zero-order valence-corrected chi connectivity index (χ0v) is 17.6. The number of thioether (sulfide) groups is 1. The average molecular weight is 432 g/mol. The number of terminal acetylenes is 1. The summed E-state index contributed by atoms with van der Waals surface area (Å²) in [6.45, 7) is 1.18. The molecule has 8 heteroatoms. The van der Waals surface area contributed by atoms with Crippen LogP contribution in [0.3, 0.4) is 0 Å². The number of nitrogens with zero attached hydrogens (tertiary/aromatic N) is 1. The lowest BCUT2D eigenvalue weighted by Gasteiger charge is -2.48. The minimum atomic E-state index is -0.401. The minimum absolute atomic E-state index is 0.00566. The zero-order valence-electron chi connectivity index (χ0n) is 16.0. The van der Waals surface area contributed by atoms with Crippen LogP contribution in [0.15, 0.2) is 12.1 Å². The van der Waals surface area contributed by atoms with E-state index in [0.29, 0.717) is 33.1 Å². The van der Waals surface area contributed by atoms with E-state index in [1.165, 1.54) is 11.8 Å². The summed E-state index contributed by atoms with van der Waals surface area (Å²) in [6, 6.07) is 3.98. The fourth-order valence-corrected chi connectivity index (χ4v) is 5.91. The van der Waals surface area contributed by atoms with Crippen molar-refractivity contribution in [3.05, 3.63) is 23.3 Å². The number of ether oxygens (including phenoxy) is 4. The van der Waals surface area contributed by atoms with E-state index in [-0.39, 0.29) is 30.8 Å². The van der Waals surface area contributed by atoms with Gasteiger partial charge in [-0.2, -0.15) is 0 Å². The van der Waals surface area contributed by atoms with Crippen LogP contribution >= 0.6 is 24.0 Å². The average Bonchev–Trinajstić information content (AvgIpc) is 3.31. The largest absolute Gasteiger partial charge is 0.471 e. The molecule has 0 spiro atoms. The second-order valence-electron chi connectivity index (χ2n) is 7.84. The molecule has 2 fully saturated rings. The summed E-state index contributed by atoms with van der Waals surface area (Å²) in [7, 11) is 2.14. The Bertz CT molecular complexity index is 913. The molecule has 0 bridgehead atoms. The van der Waals surface area contributed by atoms with Crippen molar-refractivity contribution in [2.45, 2.75) is 37.0 Å². The SMILES string of the molecule is C#CCSC(=S)O[C@H]1C[C@@H]2CCN(C)[C@@H]2[C@H]2c3cc4c(cc3C(=O)O[C@H]21)OCO4. The van der Waals surface area contributed by atoms with E-state index >= 15 is 0 Å². The monoisotopic (exact) mass is 431 g/mol. The van der Waals surface area contributed by atoms with Crippen LogP contribution in [0.1, 0.15) is 34.7 Å². The second kappa shape index (κ2) is 7.38. The molecule has 6 nitrogen and oxygen atoms in total. The molecule has 0 unspecified atom stereocenters. The van der Waals surface area contributed by atoms with Crippen LogP contribution < -0.4 is 9.47 Å². The third-order valence-corrected chi connectivity index (χ3v) is 7.45. The molecular formula is C21H21NO5S2. The number of fused-ring (bicyclic) bond motifs is 6. The highest BCUT2D eigenvalue weighted by Gasteiger charge is 2.55. The lowest BCUT2D eigenvalue weighted by atomic mass is 9.69. The molecule has 29 heavy (non-hydrogen) atoms. The van der Waals surface area contributed by atoms with E-state index < -0.39 is 6.10 Å². The van der Waals surface area contributed by atoms with E-state index in [1.54, 1.807) is 6.07 Å². The molecular weight excluding hydrogens is 410 g/mol. The normalized spacial score (nSPS) is 31.9. The highest BCUT2D eigenvalue weighted by Crippen LogP contribution is 2.51. The maximum atomic E-state index is 12.9. The number of esters is 1. The highest BCUT2D eigenvalue weighted by atomic mass is 32.2. The van der Waals surface area contributed by atoms with Gasteiger partial charge in [-0.25, -0.2) is 4.79 Å². The third-order valence-electron chi connectivity index (χ3n) is 6.36. The summed E-state index contributed by atoms with van der Waals surface area (Å²) < 4.78 is 23.5. The quantitative estimate of drug-likeness (QED) is 0.403. The Morgan fingerprint density at radius 3 is 3.00 bits per heavy atom. The molecule has 1 aromatic rings. The van der Waals surface area contributed by atoms with Crippen molar-refractivity contribution in [2.75, 3.05) is 26.1 Å². The number of carbonyl (C=O) groups is 1. The van der Waals surface area contributed by atoms with Crippen LogP contribution in [0.25, 0.3) is 0 Å². The van der Waals surface area contributed by atoms with Crippen molar-refractivity contribution in [2.24, 2.45) is 5.92 Å². The van der Waals surface area contributed by atoms with Crippen molar-refractivity contribution >= 4 is 34.3 Å². The number of thiocarbonyl (C=S) groups is 1. The number of benzene rings is 1. The third kappa shape index (κ3) is 3.16. The zero-order chi connectivity index (χ0) is 20.1. The van der Waals surface area contributed by atoms with Crippen LogP contribution in [-0.4, -0.2) is 59.6 Å². The summed E-state index contributed by atoms with van der Waals surface area (Å²) in [4.78, 5) is 15.2. The predicted molar refractivity (Wildman–Crippen MR) is 112 cm³/mol. The number of rotatable bonds is 2. The Morgan fingerprint density at radius 1 is 1.41 bits per heavy atom. The van der Waals surface area contributed by atoms with Gasteiger partial charge in [0.1, 0.15) is 12.2 Å². The van der Waals surface area contributed by atoms with Crippen LogP contribution in [-0.2, 0) is 9.47 Å². The standard InChI is InChI=1S/C21H21NO5S2/c1-3-6-29-21(28)26-16-7-11-4-5-22(2)18(11)17-12-8-14-15(25-10-24-14)9-13(12)20(23)27-19(16)17/h1,8-9,11,16-19H,4-7,10H2,2H3/t11-,16-,17+,18-,19-/m0/s1. The molecule has 5 rings (SSSR count). The van der Waals surface area contributed by atoms with Crippen LogP contribution in [0.4, 0.5) is 0 Å². The van der Waals surface area contributed by atoms with Crippen LogP contribution in [0, 0.1) is 18.3 Å². The number of likely N-dealkylation sites (N-methyl/N-ethyl adjacent to an activating group) is 1. The van der Waals surface area contributed by atoms with Gasteiger partial charge in [0.2, 0.25) is 11.2 Å². The Hall–Kier alpha value is -1.95. The molecule has 4 aliphatic rings. The van der Waals surface area contributed by atoms with E-state index in [0.717, 1.165) is 24.9 Å². The second-order valence-corrected chi connectivity index (χ2v) is 9.42. The smallest absolute Gasteiger partial charge is 0.338 e. The van der Waals surface area contributed by atoms with Crippen molar-refractivity contribution in [3.63, 3.8) is 0 Å². The van der Waals surface area contributed by atoms with Gasteiger partial charge in [-0.1, -0.05) is 17.7 Å². The summed E-state index contributed by atoms with van der Waals surface area (Å²) in [5, 5.41) is 0. The summed E-state index contributed by atoms with van der Waals surface area (Å²) in [5.41, 5.74) is 1.51. The first-order valence-electron chi connectivity index (χ1n) is 9.68. The molecule has 0 amide bonds. The topological polar surface area (TPSA) is 57.2 Å². The molecule has 1 aromatic carbocycles. The first-order valence-corrected chi connectivity index (χ1v) is 11.1. The first kappa shape index (κ1) is 19.0. The molecule has 0 N–H and O–H groups in total. The molecule has 3 aliphatic heterocycles. The van der Waals surface area contributed by atoms with Crippen molar-refractivity contribution in [3.8, 4) is 23.8 Å². The minimum Gasteiger partial charge on any atom is -0.471 e. The number of likely N-dealkylation sites (tertiary alicyclic amines) is 1. The van der Waals surface area contributed by atoms with E-state index in [4.69, 9.17) is 37.6 Å². The lowest BCUT2D eigenvalue weighted by Crippen LogP contribution is -2.55. The number of carbonyl (C=O) groups excluding carboxylic acids is 1. The Morgan fingerprint density at radius 2 is 2.21 bits per heavy atom. The Balaban J connectivity index is 1.53. The van der Waals surface area contributed by atoms with Crippen molar-refractivity contribution in [1.82, 2.24) is 4.90 Å². The van der Waals surface area contributed by atoms with Gasteiger partial charge in [0.25, 0.3) is 0 Å². The fourth-order valence-electron chi connectivity index (χ4n) is 5.21. The van der Waals surface area contributed by atoms with Crippen molar-refractivity contribution in [1.29, 1.82) is 0 Å². The summed E-state index contributed by atoms with van der Waals surface area (Å²) in [6.07, 6.45) is 6.54. The number of hydrogen-bond donors (Lipinski definition) is 0. The van der Waals surface area contributed by atoms with Gasteiger partial charge in [0, 0.05) is 12.0 Å². The van der Waals surface area contributed by atoms with E-state index in [2.05, 4.69) is 17.9 Å². The van der Waals surface area contributed by atoms with Gasteiger partial charge < -0.3 is 23.8 Å². The molecule has 152 valence electrons. The summed E-state index contributed by atoms with van der Waals surface area (Å²) >= 11 is 6.69. The van der Waals surface area contributed by atoms with Gasteiger partial charge >= 0.3 is 5.97 Å². The molecule has 1 saturated heterocycles. The van der Waals surface area contributed by atoms with Crippen LogP contribution in [0.5, 0.6) is 11.5 Å². The van der Waals surface area contributed by atoms with Gasteiger partial charge in [-0.15, -0.1) is 6.42 Å². The van der Waals surface area contributed by atoms with E-state index in [9.17, 15) is 4.79 Å². The van der Waals surface area contributed by atoms with Crippen molar-refractivity contribution < 1.29 is 23.7 Å². The molecule has 3 heterocycles. The molecule has 1 aliphatic carbocycles.